The highest BCUT2D eigenvalue weighted by Crippen LogP contribution is 2.16. The van der Waals surface area contributed by atoms with Crippen LogP contribution < -0.4 is 5.32 Å². The van der Waals surface area contributed by atoms with Gasteiger partial charge >= 0.3 is 0 Å². The molecule has 0 saturated heterocycles. The smallest absolute Gasteiger partial charge is 0.0515 e. The van der Waals surface area contributed by atoms with E-state index in [9.17, 15) is 5.11 Å². The van der Waals surface area contributed by atoms with Gasteiger partial charge in [-0.05, 0) is 49.9 Å². The zero-order chi connectivity index (χ0) is 12.8. The summed E-state index contributed by atoms with van der Waals surface area (Å²) >= 11 is 5.97. The van der Waals surface area contributed by atoms with E-state index in [1.54, 1.807) is 0 Å². The minimum absolute atomic E-state index is 0.218. The van der Waals surface area contributed by atoms with Crippen LogP contribution in [0.25, 0.3) is 0 Å². The number of rotatable bonds is 6. The molecule has 0 saturated carbocycles. The third kappa shape index (κ3) is 5.53. The van der Waals surface area contributed by atoms with Crippen LogP contribution in [0.4, 0.5) is 0 Å². The van der Waals surface area contributed by atoms with Crippen molar-refractivity contribution in [2.75, 3.05) is 6.54 Å². The first kappa shape index (κ1) is 14.5. The van der Waals surface area contributed by atoms with E-state index in [0.29, 0.717) is 5.92 Å². The first-order valence-electron chi connectivity index (χ1n) is 6.13. The van der Waals surface area contributed by atoms with E-state index in [4.69, 9.17) is 11.6 Å². The van der Waals surface area contributed by atoms with E-state index >= 15 is 0 Å². The summed E-state index contributed by atoms with van der Waals surface area (Å²) in [5.41, 5.74) is 2.36. The van der Waals surface area contributed by atoms with Gasteiger partial charge in [0.05, 0.1) is 6.10 Å². The first-order chi connectivity index (χ1) is 7.99. The van der Waals surface area contributed by atoms with Crippen molar-refractivity contribution in [3.8, 4) is 0 Å². The number of hydrogen-bond acceptors (Lipinski definition) is 2. The van der Waals surface area contributed by atoms with Gasteiger partial charge in [0.15, 0.2) is 0 Å². The van der Waals surface area contributed by atoms with Crippen molar-refractivity contribution in [2.24, 2.45) is 5.92 Å². The van der Waals surface area contributed by atoms with Gasteiger partial charge < -0.3 is 10.4 Å². The average molecular weight is 256 g/mol. The third-order valence-electron chi connectivity index (χ3n) is 2.79. The zero-order valence-electron chi connectivity index (χ0n) is 10.8. The van der Waals surface area contributed by atoms with Crippen LogP contribution in [0, 0.1) is 12.8 Å². The van der Waals surface area contributed by atoms with Crippen molar-refractivity contribution in [3.63, 3.8) is 0 Å². The normalized spacial score (nSPS) is 14.6. The number of aliphatic hydroxyl groups is 1. The number of nitrogens with one attached hydrogen (secondary N) is 1. The van der Waals surface area contributed by atoms with Crippen molar-refractivity contribution in [1.82, 2.24) is 5.32 Å². The Morgan fingerprint density at radius 3 is 2.65 bits per heavy atom. The number of halogens is 1. The van der Waals surface area contributed by atoms with Crippen LogP contribution in [0.15, 0.2) is 18.2 Å². The van der Waals surface area contributed by atoms with Crippen molar-refractivity contribution >= 4 is 11.6 Å². The van der Waals surface area contributed by atoms with Gasteiger partial charge in [0.2, 0.25) is 0 Å². The molecule has 1 rings (SSSR count). The molecule has 0 aromatic heterocycles. The molecule has 2 nitrogen and oxygen atoms in total. The lowest BCUT2D eigenvalue weighted by Crippen LogP contribution is -2.23. The quantitative estimate of drug-likeness (QED) is 0.819. The van der Waals surface area contributed by atoms with Gasteiger partial charge in [0.25, 0.3) is 0 Å². The van der Waals surface area contributed by atoms with Crippen LogP contribution in [-0.4, -0.2) is 17.8 Å². The van der Waals surface area contributed by atoms with E-state index in [2.05, 4.69) is 18.3 Å². The molecule has 0 aliphatic carbocycles. The van der Waals surface area contributed by atoms with E-state index in [1.807, 2.05) is 26.0 Å². The number of aryl methyl sites for hydroxylation is 1. The molecule has 0 amide bonds. The number of hydrogen-bond donors (Lipinski definition) is 2. The van der Waals surface area contributed by atoms with E-state index < -0.39 is 0 Å². The fraction of sp³-hybridized carbons (Fsp3) is 0.571. The molecular formula is C14H22ClNO. The topological polar surface area (TPSA) is 32.3 Å². The van der Waals surface area contributed by atoms with E-state index in [-0.39, 0.29) is 6.10 Å². The lowest BCUT2D eigenvalue weighted by Gasteiger charge is -2.14. The fourth-order valence-corrected chi connectivity index (χ4v) is 2.06. The highest BCUT2D eigenvalue weighted by Gasteiger charge is 2.05. The maximum Gasteiger partial charge on any atom is 0.0515 e. The van der Waals surface area contributed by atoms with Crippen LogP contribution >= 0.6 is 11.6 Å². The second kappa shape index (κ2) is 7.00. The maximum atomic E-state index is 9.26. The van der Waals surface area contributed by atoms with Gasteiger partial charge in [-0.15, -0.1) is 0 Å². The summed E-state index contributed by atoms with van der Waals surface area (Å²) in [4.78, 5) is 0. The Bertz CT molecular complexity index is 352. The highest BCUT2D eigenvalue weighted by molar-refractivity contribution is 6.31. The predicted octanol–water partition coefficient (Wildman–Crippen LogP) is 3.15. The fourth-order valence-electron chi connectivity index (χ4n) is 1.95. The minimum atomic E-state index is -0.218. The molecule has 96 valence electrons. The molecule has 2 unspecified atom stereocenters. The summed E-state index contributed by atoms with van der Waals surface area (Å²) in [5.74, 6) is 0.489. The highest BCUT2D eigenvalue weighted by atomic mass is 35.5. The molecule has 0 spiro atoms. The third-order valence-corrected chi connectivity index (χ3v) is 3.21. The standard InChI is InChI=1S/C14H22ClNO/c1-10(6-12(3)17)8-16-9-13-4-5-14(15)11(2)7-13/h4-5,7,10,12,16-17H,6,8-9H2,1-3H3. The Labute approximate surface area is 109 Å². The van der Waals surface area contributed by atoms with Crippen LogP contribution in [0.5, 0.6) is 0 Å². The molecule has 0 fully saturated rings. The van der Waals surface area contributed by atoms with Crippen molar-refractivity contribution < 1.29 is 5.11 Å². The van der Waals surface area contributed by atoms with Crippen LogP contribution in [0.2, 0.25) is 5.02 Å². The number of aliphatic hydroxyl groups excluding tert-OH is 1. The van der Waals surface area contributed by atoms with Gasteiger partial charge in [-0.25, -0.2) is 0 Å². The second-order valence-electron chi connectivity index (χ2n) is 4.90. The lowest BCUT2D eigenvalue weighted by atomic mass is 10.0. The molecule has 0 radical (unpaired) electrons. The largest absolute Gasteiger partial charge is 0.393 e. The van der Waals surface area contributed by atoms with Gasteiger partial charge in [0, 0.05) is 11.6 Å². The average Bonchev–Trinajstić information content (AvgIpc) is 2.22. The molecule has 1 aromatic carbocycles. The predicted molar refractivity (Wildman–Crippen MR) is 73.4 cm³/mol. The van der Waals surface area contributed by atoms with Gasteiger partial charge in [-0.1, -0.05) is 30.7 Å². The molecule has 2 N–H and O–H groups in total. The monoisotopic (exact) mass is 255 g/mol. The van der Waals surface area contributed by atoms with E-state index in [1.165, 1.54) is 5.56 Å². The minimum Gasteiger partial charge on any atom is -0.393 e. The Morgan fingerprint density at radius 2 is 2.06 bits per heavy atom. The molecule has 3 heteroatoms. The van der Waals surface area contributed by atoms with E-state index in [0.717, 1.165) is 30.1 Å². The van der Waals surface area contributed by atoms with Crippen LogP contribution in [0.3, 0.4) is 0 Å². The van der Waals surface area contributed by atoms with Crippen molar-refractivity contribution in [1.29, 1.82) is 0 Å². The molecule has 0 aliphatic rings. The molecule has 0 heterocycles. The second-order valence-corrected chi connectivity index (χ2v) is 5.31. The molecule has 0 bridgehead atoms. The van der Waals surface area contributed by atoms with Crippen molar-refractivity contribution in [2.45, 2.75) is 39.8 Å². The first-order valence-corrected chi connectivity index (χ1v) is 6.50. The summed E-state index contributed by atoms with van der Waals surface area (Å²) < 4.78 is 0. The lowest BCUT2D eigenvalue weighted by molar-refractivity contribution is 0.163. The van der Waals surface area contributed by atoms with Crippen LogP contribution in [0.1, 0.15) is 31.4 Å². The Balaban J connectivity index is 2.33. The van der Waals surface area contributed by atoms with Gasteiger partial charge in [-0.2, -0.15) is 0 Å². The van der Waals surface area contributed by atoms with Gasteiger partial charge in [0.1, 0.15) is 0 Å². The maximum absolute atomic E-state index is 9.26. The molecule has 0 aliphatic heterocycles. The summed E-state index contributed by atoms with van der Waals surface area (Å²) in [7, 11) is 0. The van der Waals surface area contributed by atoms with Crippen LogP contribution in [-0.2, 0) is 6.54 Å². The number of benzene rings is 1. The summed E-state index contributed by atoms with van der Waals surface area (Å²) in [6.07, 6.45) is 0.622. The molecular weight excluding hydrogens is 234 g/mol. The Hall–Kier alpha value is -0.570. The van der Waals surface area contributed by atoms with Gasteiger partial charge in [-0.3, -0.25) is 0 Å². The molecule has 2 atom stereocenters. The summed E-state index contributed by atoms with van der Waals surface area (Å²) in [5, 5.41) is 13.5. The van der Waals surface area contributed by atoms with Crippen molar-refractivity contribution in [3.05, 3.63) is 34.3 Å². The summed E-state index contributed by atoms with van der Waals surface area (Å²) in [6, 6.07) is 6.09. The zero-order valence-corrected chi connectivity index (χ0v) is 11.6. The molecule has 1 aromatic rings. The SMILES string of the molecule is Cc1cc(CNCC(C)CC(C)O)ccc1Cl. The Kier molecular flexibility index (Phi) is 5.96. The Morgan fingerprint density at radius 1 is 1.35 bits per heavy atom. The molecule has 17 heavy (non-hydrogen) atoms. The summed E-state index contributed by atoms with van der Waals surface area (Å²) in [6.45, 7) is 7.77.